The normalized spacial score (nSPS) is 10.8. The average molecular weight is 391 g/mol. The van der Waals surface area contributed by atoms with Gasteiger partial charge in [0.05, 0.1) is 0 Å². The van der Waals surface area contributed by atoms with E-state index in [2.05, 4.69) is 10.6 Å². The van der Waals surface area contributed by atoms with Crippen LogP contribution in [0, 0.1) is 13.8 Å². The van der Waals surface area contributed by atoms with Crippen molar-refractivity contribution in [1.82, 2.24) is 9.38 Å². The van der Waals surface area contributed by atoms with Crippen molar-refractivity contribution in [3.05, 3.63) is 83.0 Å². The number of fused-ring (bicyclic) bond motifs is 1. The first-order chi connectivity index (χ1) is 13.5. The molecule has 0 saturated carbocycles. The van der Waals surface area contributed by atoms with Gasteiger partial charge in [-0.25, -0.2) is 9.78 Å². The molecule has 0 fully saturated rings. The summed E-state index contributed by atoms with van der Waals surface area (Å²) in [5.74, 6) is 0.588. The first kappa shape index (κ1) is 18.1. The van der Waals surface area contributed by atoms with Gasteiger partial charge in [0.2, 0.25) is 0 Å². The molecule has 4 aromatic rings. The summed E-state index contributed by atoms with van der Waals surface area (Å²) in [6.45, 7) is 4.00. The molecule has 0 unspecified atom stereocenters. The second-order valence-electron chi connectivity index (χ2n) is 6.70. The zero-order chi connectivity index (χ0) is 19.7. The molecule has 28 heavy (non-hydrogen) atoms. The molecule has 0 spiro atoms. The summed E-state index contributed by atoms with van der Waals surface area (Å²) in [7, 11) is 0. The molecule has 0 aliphatic rings. The number of urea groups is 1. The third-order valence-corrected chi connectivity index (χ3v) is 4.64. The molecule has 0 aliphatic carbocycles. The Hall–Kier alpha value is -3.31. The number of benzene rings is 2. The SMILES string of the molecule is Cc1ccc(NC(=O)Nc2c(-c3cccc(Cl)c3)nc3ccc(C)cn23)cc1. The number of hydrogen-bond donors (Lipinski definition) is 2. The predicted molar refractivity (Wildman–Crippen MR) is 114 cm³/mol. The van der Waals surface area contributed by atoms with Crippen molar-refractivity contribution in [1.29, 1.82) is 0 Å². The van der Waals surface area contributed by atoms with E-state index in [1.807, 2.05) is 85.1 Å². The zero-order valence-electron chi connectivity index (χ0n) is 15.5. The number of aromatic nitrogens is 2. The summed E-state index contributed by atoms with van der Waals surface area (Å²) in [5, 5.41) is 6.42. The lowest BCUT2D eigenvalue weighted by atomic mass is 10.1. The van der Waals surface area contributed by atoms with E-state index in [0.717, 1.165) is 28.0 Å². The van der Waals surface area contributed by atoms with Crippen molar-refractivity contribution in [3.8, 4) is 11.3 Å². The van der Waals surface area contributed by atoms with Gasteiger partial charge in [-0.2, -0.15) is 0 Å². The topological polar surface area (TPSA) is 58.4 Å². The second kappa shape index (κ2) is 7.37. The molecule has 0 atom stereocenters. The van der Waals surface area contributed by atoms with E-state index >= 15 is 0 Å². The molecule has 0 saturated heterocycles. The first-order valence-corrected chi connectivity index (χ1v) is 9.27. The minimum absolute atomic E-state index is 0.338. The van der Waals surface area contributed by atoms with Gasteiger partial charge in [0.15, 0.2) is 0 Å². The molecular weight excluding hydrogens is 372 g/mol. The molecule has 2 heterocycles. The van der Waals surface area contributed by atoms with Crippen LogP contribution in [0.25, 0.3) is 16.9 Å². The third-order valence-electron chi connectivity index (χ3n) is 4.41. The van der Waals surface area contributed by atoms with Crippen molar-refractivity contribution in [2.24, 2.45) is 0 Å². The highest BCUT2D eigenvalue weighted by molar-refractivity contribution is 6.30. The lowest BCUT2D eigenvalue weighted by molar-refractivity contribution is 0.262. The molecule has 2 aromatic heterocycles. The Kier molecular flexibility index (Phi) is 4.75. The molecule has 2 amide bonds. The fraction of sp³-hybridized carbons (Fsp3) is 0.0909. The van der Waals surface area contributed by atoms with E-state index in [-0.39, 0.29) is 6.03 Å². The van der Waals surface area contributed by atoms with Crippen LogP contribution in [0.15, 0.2) is 66.9 Å². The summed E-state index contributed by atoms with van der Waals surface area (Å²) in [4.78, 5) is 17.4. The van der Waals surface area contributed by atoms with Crippen molar-refractivity contribution in [2.45, 2.75) is 13.8 Å². The van der Waals surface area contributed by atoms with Crippen LogP contribution in [-0.4, -0.2) is 15.4 Å². The van der Waals surface area contributed by atoms with Gasteiger partial charge in [0.1, 0.15) is 17.2 Å². The summed E-state index contributed by atoms with van der Waals surface area (Å²) in [5.41, 5.74) is 5.14. The van der Waals surface area contributed by atoms with Gasteiger partial charge in [-0.1, -0.05) is 47.5 Å². The second-order valence-corrected chi connectivity index (χ2v) is 7.14. The monoisotopic (exact) mass is 390 g/mol. The number of nitrogens with zero attached hydrogens (tertiary/aromatic N) is 2. The maximum Gasteiger partial charge on any atom is 0.324 e. The Morgan fingerprint density at radius 1 is 0.964 bits per heavy atom. The highest BCUT2D eigenvalue weighted by atomic mass is 35.5. The maximum atomic E-state index is 12.7. The van der Waals surface area contributed by atoms with Crippen LogP contribution in [0.5, 0.6) is 0 Å². The minimum atomic E-state index is -0.338. The summed E-state index contributed by atoms with van der Waals surface area (Å²) in [6, 6.07) is 18.6. The van der Waals surface area contributed by atoms with E-state index < -0.39 is 0 Å². The number of carbonyl (C=O) groups excluding carboxylic acids is 1. The molecule has 2 aromatic carbocycles. The highest BCUT2D eigenvalue weighted by Crippen LogP contribution is 2.30. The molecule has 140 valence electrons. The van der Waals surface area contributed by atoms with Gasteiger partial charge in [0, 0.05) is 22.5 Å². The predicted octanol–water partition coefficient (Wildman–Crippen LogP) is 5.92. The fourth-order valence-electron chi connectivity index (χ4n) is 3.01. The molecular formula is C22H19ClN4O. The van der Waals surface area contributed by atoms with Crippen molar-refractivity contribution >= 4 is 34.8 Å². The molecule has 4 rings (SSSR count). The molecule has 6 heteroatoms. The summed E-state index contributed by atoms with van der Waals surface area (Å²) >= 11 is 6.16. The number of aryl methyl sites for hydroxylation is 2. The quantitative estimate of drug-likeness (QED) is 0.456. The lowest BCUT2D eigenvalue weighted by Gasteiger charge is -2.10. The Morgan fingerprint density at radius 2 is 1.71 bits per heavy atom. The number of halogens is 1. The van der Waals surface area contributed by atoms with Crippen LogP contribution < -0.4 is 10.6 Å². The summed E-state index contributed by atoms with van der Waals surface area (Å²) in [6.07, 6.45) is 1.94. The van der Waals surface area contributed by atoms with Gasteiger partial charge in [-0.05, 0) is 49.7 Å². The molecule has 2 N–H and O–H groups in total. The largest absolute Gasteiger partial charge is 0.324 e. The number of pyridine rings is 1. The first-order valence-electron chi connectivity index (χ1n) is 8.89. The van der Waals surface area contributed by atoms with Gasteiger partial charge in [-0.15, -0.1) is 0 Å². The average Bonchev–Trinajstić information content (AvgIpc) is 3.01. The fourth-order valence-corrected chi connectivity index (χ4v) is 3.20. The number of amides is 2. The smallest absolute Gasteiger partial charge is 0.308 e. The maximum absolute atomic E-state index is 12.7. The van der Waals surface area contributed by atoms with Crippen LogP contribution in [0.4, 0.5) is 16.3 Å². The van der Waals surface area contributed by atoms with E-state index in [0.29, 0.717) is 16.5 Å². The van der Waals surface area contributed by atoms with Crippen LogP contribution >= 0.6 is 11.6 Å². The van der Waals surface area contributed by atoms with Crippen LogP contribution in [-0.2, 0) is 0 Å². The van der Waals surface area contributed by atoms with E-state index in [9.17, 15) is 4.79 Å². The Morgan fingerprint density at radius 3 is 2.46 bits per heavy atom. The lowest BCUT2D eigenvalue weighted by Crippen LogP contribution is -2.20. The van der Waals surface area contributed by atoms with Gasteiger partial charge >= 0.3 is 6.03 Å². The zero-order valence-corrected chi connectivity index (χ0v) is 16.3. The molecule has 0 aliphatic heterocycles. The van der Waals surface area contributed by atoms with E-state index in [1.54, 1.807) is 0 Å². The van der Waals surface area contributed by atoms with Gasteiger partial charge in [0.25, 0.3) is 0 Å². The van der Waals surface area contributed by atoms with Gasteiger partial charge in [-0.3, -0.25) is 9.72 Å². The van der Waals surface area contributed by atoms with E-state index in [4.69, 9.17) is 16.6 Å². The summed E-state index contributed by atoms with van der Waals surface area (Å²) < 4.78 is 1.88. The Balaban J connectivity index is 1.73. The van der Waals surface area contributed by atoms with Crippen molar-refractivity contribution in [2.75, 3.05) is 10.6 Å². The van der Waals surface area contributed by atoms with Gasteiger partial charge < -0.3 is 5.32 Å². The third kappa shape index (κ3) is 3.70. The Bertz CT molecular complexity index is 1170. The standard InChI is InChI=1S/C22H19ClN4O/c1-14-6-9-18(10-7-14)24-22(28)26-21-20(16-4-3-5-17(23)12-16)25-19-11-8-15(2)13-27(19)21/h3-13H,1-2H3,(H2,24,26,28). The number of carbonyl (C=O) groups is 1. The number of imidazole rings is 1. The van der Waals surface area contributed by atoms with Crippen LogP contribution in [0.2, 0.25) is 5.02 Å². The van der Waals surface area contributed by atoms with Crippen LogP contribution in [0.3, 0.4) is 0 Å². The number of rotatable bonds is 3. The number of anilines is 2. The number of nitrogens with one attached hydrogen (secondary N) is 2. The number of hydrogen-bond acceptors (Lipinski definition) is 2. The molecule has 0 radical (unpaired) electrons. The van der Waals surface area contributed by atoms with E-state index in [1.165, 1.54) is 0 Å². The minimum Gasteiger partial charge on any atom is -0.308 e. The van der Waals surface area contributed by atoms with Crippen molar-refractivity contribution in [3.63, 3.8) is 0 Å². The van der Waals surface area contributed by atoms with Crippen LogP contribution in [0.1, 0.15) is 11.1 Å². The van der Waals surface area contributed by atoms with Crippen molar-refractivity contribution < 1.29 is 4.79 Å². The Labute approximate surface area is 168 Å². The highest BCUT2D eigenvalue weighted by Gasteiger charge is 2.17. The molecule has 5 nitrogen and oxygen atoms in total. The molecule has 0 bridgehead atoms.